The minimum Gasteiger partial charge on any atom is -0.726 e. The van der Waals surface area contributed by atoms with Gasteiger partial charge >= 0.3 is 0 Å². The van der Waals surface area contributed by atoms with Gasteiger partial charge in [-0.25, -0.2) is 8.42 Å². The van der Waals surface area contributed by atoms with Crippen LogP contribution in [-0.2, 0) is 15.2 Å². The normalized spacial score (nSPS) is 11.2. The average Bonchev–Trinajstić information content (AvgIpc) is 2.07. The molecule has 2 N–H and O–H groups in total. The molecule has 0 aliphatic carbocycles. The lowest BCUT2D eigenvalue weighted by molar-refractivity contribution is -0.870. The van der Waals surface area contributed by atoms with Crippen LogP contribution in [0, 0.1) is 0 Å². The molecular formula is C10H22N2O5S. The lowest BCUT2D eigenvalue weighted by atomic mass is 10.3. The number of hydrogen-bond donors (Lipinski definition) is 2. The highest BCUT2D eigenvalue weighted by atomic mass is 32.3. The minimum atomic E-state index is -4.92. The number of carbonyl (C=O) groups excluding carboxylic acids is 1. The summed E-state index contributed by atoms with van der Waals surface area (Å²) in [4.78, 5) is 11.1. The van der Waals surface area contributed by atoms with Gasteiger partial charge in [0.1, 0.15) is 0 Å². The summed E-state index contributed by atoms with van der Waals surface area (Å²) >= 11 is 0. The van der Waals surface area contributed by atoms with Crippen LogP contribution in [0.15, 0.2) is 12.2 Å². The molecule has 0 heterocycles. The highest BCUT2D eigenvalue weighted by Crippen LogP contribution is 1.92. The summed E-state index contributed by atoms with van der Waals surface area (Å²) in [5.74, 6) is -0.0404. The molecule has 0 fully saturated rings. The van der Waals surface area contributed by atoms with Gasteiger partial charge in [0.05, 0.1) is 27.7 Å². The molecule has 0 rings (SSSR count). The molecule has 0 radical (unpaired) electrons. The van der Waals surface area contributed by atoms with E-state index in [0.29, 0.717) is 5.57 Å². The molecule has 7 nitrogen and oxygen atoms in total. The summed E-state index contributed by atoms with van der Waals surface area (Å²) in [7, 11) is 1.50. The maximum Gasteiger partial charge on any atom is 0.246 e. The first-order chi connectivity index (χ1) is 7.83. The summed E-state index contributed by atoms with van der Waals surface area (Å²) in [6.07, 6.45) is 1.00. The first-order valence-electron chi connectivity index (χ1n) is 5.25. The topological polar surface area (TPSA) is 107 Å². The van der Waals surface area contributed by atoms with E-state index in [1.165, 1.54) is 0 Å². The largest absolute Gasteiger partial charge is 0.726 e. The van der Waals surface area contributed by atoms with Crippen LogP contribution >= 0.6 is 0 Å². The number of carbonyl (C=O) groups is 1. The van der Waals surface area contributed by atoms with Gasteiger partial charge in [-0.1, -0.05) is 6.58 Å². The molecule has 0 aliphatic rings. The standard InChI is InChI=1S/C10H20N2O.H2O4S/c1-9(2)10(13)11-7-6-8-12(3,4)5;1-5(2,3)4/h1,6-8H2,2-5H3;(H2,1,2,3,4). The summed E-state index contributed by atoms with van der Waals surface area (Å²) < 4.78 is 33.8. The van der Waals surface area contributed by atoms with Crippen LogP contribution in [0.2, 0.25) is 0 Å². The van der Waals surface area contributed by atoms with Crippen molar-refractivity contribution >= 4 is 16.3 Å². The smallest absolute Gasteiger partial charge is 0.246 e. The highest BCUT2D eigenvalue weighted by Gasteiger charge is 2.06. The van der Waals surface area contributed by atoms with Crippen molar-refractivity contribution in [3.05, 3.63) is 12.2 Å². The van der Waals surface area contributed by atoms with Crippen molar-refractivity contribution in [1.29, 1.82) is 0 Å². The van der Waals surface area contributed by atoms with E-state index in [1.807, 2.05) is 0 Å². The van der Waals surface area contributed by atoms with E-state index >= 15 is 0 Å². The number of nitrogens with one attached hydrogen (secondary N) is 1. The van der Waals surface area contributed by atoms with Crippen LogP contribution in [0.25, 0.3) is 0 Å². The Morgan fingerprint density at radius 2 is 1.78 bits per heavy atom. The van der Waals surface area contributed by atoms with Crippen molar-refractivity contribution in [2.24, 2.45) is 0 Å². The molecule has 1 amide bonds. The molecular weight excluding hydrogens is 260 g/mol. The van der Waals surface area contributed by atoms with E-state index in [1.54, 1.807) is 6.92 Å². The highest BCUT2D eigenvalue weighted by molar-refractivity contribution is 7.79. The van der Waals surface area contributed by atoms with E-state index in [9.17, 15) is 4.79 Å². The molecule has 108 valence electrons. The molecule has 8 heteroatoms. The fourth-order valence-corrected chi connectivity index (χ4v) is 0.906. The minimum absolute atomic E-state index is 0.0404. The molecule has 18 heavy (non-hydrogen) atoms. The number of rotatable bonds is 5. The van der Waals surface area contributed by atoms with Crippen LogP contribution in [0.4, 0.5) is 0 Å². The van der Waals surface area contributed by atoms with Crippen molar-refractivity contribution in [3.8, 4) is 0 Å². The summed E-state index contributed by atoms with van der Waals surface area (Å²) in [6.45, 7) is 7.09. The van der Waals surface area contributed by atoms with Gasteiger partial charge in [-0.15, -0.1) is 0 Å². The maximum absolute atomic E-state index is 11.1. The monoisotopic (exact) mass is 282 g/mol. The number of nitrogens with zero attached hydrogens (tertiary/aromatic N) is 1. The van der Waals surface area contributed by atoms with Crippen LogP contribution in [0.3, 0.4) is 0 Å². The summed E-state index contributed by atoms with van der Waals surface area (Å²) in [5.41, 5.74) is 0.574. The zero-order chi connectivity index (χ0) is 15.0. The third kappa shape index (κ3) is 24.3. The van der Waals surface area contributed by atoms with Crippen molar-refractivity contribution < 1.29 is 26.8 Å². The second-order valence-electron chi connectivity index (χ2n) is 4.83. The first kappa shape index (κ1) is 19.4. The lowest BCUT2D eigenvalue weighted by Gasteiger charge is -2.23. The quantitative estimate of drug-likeness (QED) is 0.238. The fraction of sp³-hybridized carbons (Fsp3) is 0.700. The average molecular weight is 282 g/mol. The van der Waals surface area contributed by atoms with Crippen molar-refractivity contribution in [1.82, 2.24) is 5.32 Å². The number of quaternary nitrogens is 1. The Labute approximate surface area is 109 Å². The third-order valence-corrected chi connectivity index (χ3v) is 1.68. The van der Waals surface area contributed by atoms with Crippen LogP contribution in [-0.4, -0.2) is 62.1 Å². The van der Waals surface area contributed by atoms with Gasteiger partial charge in [0, 0.05) is 18.5 Å². The van der Waals surface area contributed by atoms with E-state index in [-0.39, 0.29) is 5.91 Å². The molecule has 0 aromatic heterocycles. The summed E-state index contributed by atoms with van der Waals surface area (Å²) in [5, 5.41) is 2.81. The fourth-order valence-electron chi connectivity index (χ4n) is 0.906. The van der Waals surface area contributed by atoms with E-state index in [0.717, 1.165) is 24.0 Å². The van der Waals surface area contributed by atoms with Gasteiger partial charge in [-0.3, -0.25) is 9.35 Å². The van der Waals surface area contributed by atoms with Crippen molar-refractivity contribution in [2.75, 3.05) is 34.2 Å². The zero-order valence-electron chi connectivity index (χ0n) is 11.3. The van der Waals surface area contributed by atoms with Gasteiger partial charge in [-0.2, -0.15) is 0 Å². The molecule has 0 unspecified atom stereocenters. The Hall–Kier alpha value is -0.960. The van der Waals surface area contributed by atoms with Gasteiger partial charge in [0.25, 0.3) is 0 Å². The molecule has 0 spiro atoms. The molecule has 0 aromatic carbocycles. The maximum atomic E-state index is 11.1. The second-order valence-corrected chi connectivity index (χ2v) is 5.69. The first-order valence-corrected chi connectivity index (χ1v) is 6.62. The molecule has 0 saturated heterocycles. The predicted molar refractivity (Wildman–Crippen MR) is 67.7 cm³/mol. The Balaban J connectivity index is 0. The zero-order valence-corrected chi connectivity index (χ0v) is 12.1. The second kappa shape index (κ2) is 8.20. The third-order valence-electron chi connectivity index (χ3n) is 1.68. The SMILES string of the molecule is C=C(C)C(=O)NCCC[N+](C)(C)C.O=S(=O)([O-])O. The summed E-state index contributed by atoms with van der Waals surface area (Å²) in [6, 6.07) is 0. The lowest BCUT2D eigenvalue weighted by Crippen LogP contribution is -2.37. The molecule has 0 aromatic rings. The Bertz CT molecular complexity index is 362. The Morgan fingerprint density at radius 1 is 1.39 bits per heavy atom. The van der Waals surface area contributed by atoms with Crippen LogP contribution < -0.4 is 5.32 Å². The molecule has 0 saturated carbocycles. The van der Waals surface area contributed by atoms with Gasteiger partial charge in [-0.05, 0) is 6.92 Å². The van der Waals surface area contributed by atoms with Crippen LogP contribution in [0.1, 0.15) is 13.3 Å². The van der Waals surface area contributed by atoms with Gasteiger partial charge in [0.15, 0.2) is 0 Å². The van der Waals surface area contributed by atoms with E-state index in [2.05, 4.69) is 33.0 Å². The Morgan fingerprint density at radius 3 is 2.06 bits per heavy atom. The number of amides is 1. The van der Waals surface area contributed by atoms with E-state index < -0.39 is 10.4 Å². The number of hydrogen-bond acceptors (Lipinski definition) is 4. The van der Waals surface area contributed by atoms with Crippen LogP contribution in [0.5, 0.6) is 0 Å². The van der Waals surface area contributed by atoms with Gasteiger partial charge in [0.2, 0.25) is 16.3 Å². The molecule has 0 atom stereocenters. The van der Waals surface area contributed by atoms with Crippen molar-refractivity contribution in [2.45, 2.75) is 13.3 Å². The Kier molecular flexibility index (Phi) is 8.83. The predicted octanol–water partition coefficient (Wildman–Crippen LogP) is -0.220. The van der Waals surface area contributed by atoms with E-state index in [4.69, 9.17) is 17.5 Å². The van der Waals surface area contributed by atoms with Crippen molar-refractivity contribution in [3.63, 3.8) is 0 Å². The molecule has 0 bridgehead atoms. The molecule has 0 aliphatic heterocycles. The van der Waals surface area contributed by atoms with Gasteiger partial charge < -0.3 is 14.4 Å².